The van der Waals surface area contributed by atoms with E-state index in [1.807, 2.05) is 13.8 Å². The molecule has 14 heavy (non-hydrogen) atoms. The van der Waals surface area contributed by atoms with Gasteiger partial charge < -0.3 is 9.84 Å². The van der Waals surface area contributed by atoms with Gasteiger partial charge in [-0.1, -0.05) is 13.8 Å². The molecule has 0 aromatic rings. The van der Waals surface area contributed by atoms with Crippen molar-refractivity contribution in [3.05, 3.63) is 0 Å². The van der Waals surface area contributed by atoms with Crippen molar-refractivity contribution in [2.75, 3.05) is 0 Å². The number of carboxylic acids is 1. The zero-order chi connectivity index (χ0) is 10.8. The van der Waals surface area contributed by atoms with Crippen LogP contribution >= 0.6 is 0 Å². The van der Waals surface area contributed by atoms with Crippen LogP contribution in [0.2, 0.25) is 0 Å². The van der Waals surface area contributed by atoms with Gasteiger partial charge in [-0.05, 0) is 38.5 Å². The second kappa shape index (κ2) is 4.30. The van der Waals surface area contributed by atoms with Gasteiger partial charge in [0.2, 0.25) is 0 Å². The van der Waals surface area contributed by atoms with Crippen molar-refractivity contribution in [1.82, 2.24) is 0 Å². The third kappa shape index (κ3) is 2.71. The zero-order valence-electron chi connectivity index (χ0n) is 9.25. The molecule has 1 N–H and O–H groups in total. The highest BCUT2D eigenvalue weighted by Crippen LogP contribution is 2.30. The first-order valence-corrected chi connectivity index (χ1v) is 5.35. The highest BCUT2D eigenvalue weighted by molar-refractivity contribution is 5.76. The Morgan fingerprint density at radius 1 is 1.57 bits per heavy atom. The van der Waals surface area contributed by atoms with Crippen LogP contribution in [0.5, 0.6) is 0 Å². The largest absolute Gasteiger partial charge is 0.479 e. The summed E-state index contributed by atoms with van der Waals surface area (Å²) in [6, 6.07) is 0. The summed E-state index contributed by atoms with van der Waals surface area (Å²) in [4.78, 5) is 11.1. The van der Waals surface area contributed by atoms with Crippen molar-refractivity contribution in [3.63, 3.8) is 0 Å². The van der Waals surface area contributed by atoms with Gasteiger partial charge in [0.05, 0.1) is 6.10 Å². The molecule has 0 amide bonds. The predicted octanol–water partition coefficient (Wildman–Crippen LogP) is 2.44. The SMILES string of the molecule is CC(C)CC(C)(OC1CCC1)C(=O)O. The van der Waals surface area contributed by atoms with Gasteiger partial charge in [0, 0.05) is 0 Å². The van der Waals surface area contributed by atoms with Crippen LogP contribution in [0.3, 0.4) is 0 Å². The van der Waals surface area contributed by atoms with Crippen LogP contribution in [0.15, 0.2) is 0 Å². The van der Waals surface area contributed by atoms with Crippen molar-refractivity contribution in [2.24, 2.45) is 5.92 Å². The van der Waals surface area contributed by atoms with E-state index >= 15 is 0 Å². The number of hydrogen-bond donors (Lipinski definition) is 1. The highest BCUT2D eigenvalue weighted by atomic mass is 16.5. The Bertz CT molecular complexity index is 209. The molecule has 0 aromatic heterocycles. The summed E-state index contributed by atoms with van der Waals surface area (Å²) < 4.78 is 5.65. The third-order valence-corrected chi connectivity index (χ3v) is 2.73. The topological polar surface area (TPSA) is 46.5 Å². The molecule has 82 valence electrons. The van der Waals surface area contributed by atoms with E-state index in [-0.39, 0.29) is 6.10 Å². The minimum absolute atomic E-state index is 0.176. The summed E-state index contributed by atoms with van der Waals surface area (Å²) in [5, 5.41) is 9.12. The lowest BCUT2D eigenvalue weighted by Crippen LogP contribution is -2.44. The average Bonchev–Trinajstić information content (AvgIpc) is 1.95. The monoisotopic (exact) mass is 200 g/mol. The van der Waals surface area contributed by atoms with Crippen LogP contribution in [0.4, 0.5) is 0 Å². The number of aliphatic carboxylic acids is 1. The minimum Gasteiger partial charge on any atom is -0.479 e. The molecule has 3 heteroatoms. The molecule has 1 fully saturated rings. The maximum absolute atomic E-state index is 11.1. The quantitative estimate of drug-likeness (QED) is 0.741. The molecule has 0 heterocycles. The van der Waals surface area contributed by atoms with Gasteiger partial charge in [-0.15, -0.1) is 0 Å². The normalized spacial score (nSPS) is 21.7. The molecule has 0 aromatic carbocycles. The number of carboxylic acid groups (broad SMARTS) is 1. The molecule has 1 atom stereocenters. The third-order valence-electron chi connectivity index (χ3n) is 2.73. The van der Waals surface area contributed by atoms with Crippen LogP contribution in [-0.4, -0.2) is 22.8 Å². The summed E-state index contributed by atoms with van der Waals surface area (Å²) in [7, 11) is 0. The lowest BCUT2D eigenvalue weighted by atomic mass is 9.91. The lowest BCUT2D eigenvalue weighted by molar-refractivity contribution is -0.180. The Labute approximate surface area is 85.5 Å². The zero-order valence-corrected chi connectivity index (χ0v) is 9.25. The van der Waals surface area contributed by atoms with Gasteiger partial charge >= 0.3 is 5.97 Å². The van der Waals surface area contributed by atoms with Crippen molar-refractivity contribution >= 4 is 5.97 Å². The Morgan fingerprint density at radius 3 is 2.43 bits per heavy atom. The Kier molecular flexibility index (Phi) is 3.53. The van der Waals surface area contributed by atoms with Gasteiger partial charge in [0.1, 0.15) is 0 Å². The van der Waals surface area contributed by atoms with Gasteiger partial charge in [-0.3, -0.25) is 0 Å². The van der Waals surface area contributed by atoms with E-state index in [1.54, 1.807) is 6.92 Å². The van der Waals surface area contributed by atoms with Gasteiger partial charge in [-0.2, -0.15) is 0 Å². The first kappa shape index (κ1) is 11.5. The van der Waals surface area contributed by atoms with Crippen molar-refractivity contribution in [1.29, 1.82) is 0 Å². The summed E-state index contributed by atoms with van der Waals surface area (Å²) in [6.07, 6.45) is 3.96. The van der Waals surface area contributed by atoms with E-state index in [2.05, 4.69) is 0 Å². The molecular formula is C11H20O3. The second-order valence-electron chi connectivity index (χ2n) is 4.80. The van der Waals surface area contributed by atoms with E-state index in [9.17, 15) is 4.79 Å². The van der Waals surface area contributed by atoms with Crippen LogP contribution < -0.4 is 0 Å². The highest BCUT2D eigenvalue weighted by Gasteiger charge is 2.38. The first-order valence-electron chi connectivity index (χ1n) is 5.35. The fraction of sp³-hybridized carbons (Fsp3) is 0.909. The maximum atomic E-state index is 11.1. The fourth-order valence-corrected chi connectivity index (χ4v) is 1.82. The summed E-state index contributed by atoms with van der Waals surface area (Å²) in [5.74, 6) is -0.491. The van der Waals surface area contributed by atoms with Crippen LogP contribution in [0, 0.1) is 5.92 Å². The van der Waals surface area contributed by atoms with E-state index in [4.69, 9.17) is 9.84 Å². The van der Waals surface area contributed by atoms with Gasteiger partial charge in [0.25, 0.3) is 0 Å². The van der Waals surface area contributed by atoms with Crippen molar-refractivity contribution in [3.8, 4) is 0 Å². The van der Waals surface area contributed by atoms with Gasteiger partial charge in [0.15, 0.2) is 5.60 Å². The number of rotatable bonds is 5. The summed E-state index contributed by atoms with van der Waals surface area (Å²) in [6.45, 7) is 5.73. The van der Waals surface area contributed by atoms with E-state index in [1.165, 1.54) is 6.42 Å². The molecule has 1 aliphatic rings. The Hall–Kier alpha value is -0.570. The number of carbonyl (C=O) groups is 1. The summed E-state index contributed by atoms with van der Waals surface area (Å²) in [5.41, 5.74) is -0.987. The van der Waals surface area contributed by atoms with Crippen molar-refractivity contribution in [2.45, 2.75) is 58.2 Å². The molecule has 0 aliphatic heterocycles. The number of hydrogen-bond acceptors (Lipinski definition) is 2. The van der Waals surface area contributed by atoms with E-state index < -0.39 is 11.6 Å². The molecule has 1 rings (SSSR count). The standard InChI is InChI=1S/C11H20O3/c1-8(2)7-11(3,10(12)13)14-9-5-4-6-9/h8-9H,4-7H2,1-3H3,(H,12,13). The molecule has 0 saturated heterocycles. The van der Waals surface area contributed by atoms with E-state index in [0.29, 0.717) is 12.3 Å². The predicted molar refractivity (Wildman–Crippen MR) is 54.2 cm³/mol. The second-order valence-corrected chi connectivity index (χ2v) is 4.80. The van der Waals surface area contributed by atoms with Crippen LogP contribution in [-0.2, 0) is 9.53 Å². The maximum Gasteiger partial charge on any atom is 0.335 e. The molecule has 0 radical (unpaired) electrons. The van der Waals surface area contributed by atoms with Gasteiger partial charge in [-0.25, -0.2) is 4.79 Å². The fourth-order valence-electron chi connectivity index (χ4n) is 1.82. The first-order chi connectivity index (χ1) is 6.44. The Balaban J connectivity index is 2.55. The minimum atomic E-state index is -0.987. The van der Waals surface area contributed by atoms with Crippen molar-refractivity contribution < 1.29 is 14.6 Å². The average molecular weight is 200 g/mol. The lowest BCUT2D eigenvalue weighted by Gasteiger charge is -2.35. The molecule has 3 nitrogen and oxygen atoms in total. The molecule has 1 saturated carbocycles. The molecule has 0 spiro atoms. The molecule has 1 aliphatic carbocycles. The van der Waals surface area contributed by atoms with E-state index in [0.717, 1.165) is 12.8 Å². The smallest absolute Gasteiger partial charge is 0.335 e. The van der Waals surface area contributed by atoms with Crippen LogP contribution in [0.1, 0.15) is 46.5 Å². The molecular weight excluding hydrogens is 180 g/mol. The number of ether oxygens (including phenoxy) is 1. The molecule has 1 unspecified atom stereocenters. The van der Waals surface area contributed by atoms with Crippen LogP contribution in [0.25, 0.3) is 0 Å². The summed E-state index contributed by atoms with van der Waals surface area (Å²) >= 11 is 0. The molecule has 0 bridgehead atoms. The Morgan fingerprint density at radius 2 is 2.14 bits per heavy atom.